The summed E-state index contributed by atoms with van der Waals surface area (Å²) in [6.45, 7) is 0. The van der Waals surface area contributed by atoms with Crippen molar-refractivity contribution in [3.8, 4) is 0 Å². The van der Waals surface area contributed by atoms with E-state index in [4.69, 9.17) is 5.73 Å². The van der Waals surface area contributed by atoms with Crippen LogP contribution < -0.4 is 5.73 Å². The first-order chi connectivity index (χ1) is 6.62. The summed E-state index contributed by atoms with van der Waals surface area (Å²) in [5.74, 6) is -2.52. The van der Waals surface area contributed by atoms with Crippen molar-refractivity contribution < 1.29 is 31.1 Å². The maximum atomic E-state index is 12.2. The summed E-state index contributed by atoms with van der Waals surface area (Å²) in [4.78, 5) is 0. The lowest BCUT2D eigenvalue weighted by Gasteiger charge is -2.36. The van der Waals surface area contributed by atoms with Crippen molar-refractivity contribution in [3.05, 3.63) is 0 Å². The van der Waals surface area contributed by atoms with Gasteiger partial charge in [-0.05, 0) is 12.8 Å². The van der Waals surface area contributed by atoms with Gasteiger partial charge in [0.1, 0.15) is 6.23 Å². The van der Waals surface area contributed by atoms with Crippen LogP contribution in [0.25, 0.3) is 0 Å². The molecule has 0 aromatic carbocycles. The Bertz CT molecular complexity index is 225. The summed E-state index contributed by atoms with van der Waals surface area (Å²) in [5.41, 5.74) is 5.04. The fourth-order valence-electron chi connectivity index (χ4n) is 1.49. The van der Waals surface area contributed by atoms with E-state index < -0.39 is 37.0 Å². The lowest BCUT2D eigenvalue weighted by Crippen LogP contribution is -2.52. The molecule has 1 fully saturated rings. The highest BCUT2D eigenvalue weighted by atomic mass is 19.4. The van der Waals surface area contributed by atoms with Crippen LogP contribution in [0.5, 0.6) is 0 Å². The molecule has 0 aromatic heterocycles. The molecule has 1 aliphatic rings. The Labute approximate surface area is 81.4 Å². The standard InChI is InChI=1S/C7H9F6NO/c8-6(9,10)3-1-2-4(14)15-5(3)7(11,12)13/h3-5H,1-2,14H2. The van der Waals surface area contributed by atoms with E-state index in [2.05, 4.69) is 4.74 Å². The highest BCUT2D eigenvalue weighted by Crippen LogP contribution is 2.43. The third kappa shape index (κ3) is 2.97. The van der Waals surface area contributed by atoms with E-state index in [1.54, 1.807) is 0 Å². The molecule has 0 aromatic rings. The third-order valence-electron chi connectivity index (χ3n) is 2.19. The number of halogens is 6. The van der Waals surface area contributed by atoms with Crippen molar-refractivity contribution in [1.82, 2.24) is 0 Å². The van der Waals surface area contributed by atoms with Gasteiger partial charge in [0, 0.05) is 0 Å². The third-order valence-corrected chi connectivity index (χ3v) is 2.19. The Hall–Kier alpha value is -0.500. The van der Waals surface area contributed by atoms with E-state index in [-0.39, 0.29) is 6.42 Å². The van der Waals surface area contributed by atoms with Crippen LogP contribution >= 0.6 is 0 Å². The SMILES string of the molecule is NC1CCC(C(F)(F)F)C(C(F)(F)F)O1. The zero-order valence-electron chi connectivity index (χ0n) is 7.40. The van der Waals surface area contributed by atoms with Gasteiger partial charge in [-0.25, -0.2) is 0 Å². The topological polar surface area (TPSA) is 35.2 Å². The predicted octanol–water partition coefficient (Wildman–Crippen LogP) is 2.19. The van der Waals surface area contributed by atoms with Crippen molar-refractivity contribution >= 4 is 0 Å². The molecule has 3 atom stereocenters. The monoisotopic (exact) mass is 237 g/mol. The summed E-state index contributed by atoms with van der Waals surface area (Å²) < 4.78 is 77.5. The molecule has 0 radical (unpaired) electrons. The molecule has 3 unspecified atom stereocenters. The van der Waals surface area contributed by atoms with Crippen molar-refractivity contribution in [2.75, 3.05) is 0 Å². The molecule has 1 saturated heterocycles. The molecule has 8 heteroatoms. The minimum absolute atomic E-state index is 0.225. The summed E-state index contributed by atoms with van der Waals surface area (Å²) in [6, 6.07) is 0. The van der Waals surface area contributed by atoms with Crippen LogP contribution in [0.3, 0.4) is 0 Å². The van der Waals surface area contributed by atoms with Gasteiger partial charge in [-0.3, -0.25) is 0 Å². The molecular weight excluding hydrogens is 228 g/mol. The smallest absolute Gasteiger partial charge is 0.350 e. The average molecular weight is 237 g/mol. The zero-order chi connectivity index (χ0) is 11.9. The summed E-state index contributed by atoms with van der Waals surface area (Å²) in [5, 5.41) is 0. The van der Waals surface area contributed by atoms with Crippen LogP contribution in [0.1, 0.15) is 12.8 Å². The van der Waals surface area contributed by atoms with E-state index in [9.17, 15) is 26.3 Å². The number of hydrogen-bond acceptors (Lipinski definition) is 2. The van der Waals surface area contributed by atoms with Crippen LogP contribution in [0, 0.1) is 5.92 Å². The maximum absolute atomic E-state index is 12.2. The molecule has 0 aliphatic carbocycles. The number of ether oxygens (including phenoxy) is 1. The van der Waals surface area contributed by atoms with E-state index in [1.165, 1.54) is 0 Å². The first kappa shape index (κ1) is 12.6. The second kappa shape index (κ2) is 3.82. The largest absolute Gasteiger partial charge is 0.415 e. The van der Waals surface area contributed by atoms with Gasteiger partial charge in [0.25, 0.3) is 0 Å². The number of rotatable bonds is 0. The van der Waals surface area contributed by atoms with E-state index in [1.807, 2.05) is 0 Å². The van der Waals surface area contributed by atoms with Crippen LogP contribution in [0.15, 0.2) is 0 Å². The molecule has 90 valence electrons. The van der Waals surface area contributed by atoms with E-state index >= 15 is 0 Å². The van der Waals surface area contributed by atoms with Crippen LogP contribution in [0.2, 0.25) is 0 Å². The highest BCUT2D eigenvalue weighted by molar-refractivity contribution is 4.86. The van der Waals surface area contributed by atoms with Gasteiger partial charge < -0.3 is 10.5 Å². The first-order valence-electron chi connectivity index (χ1n) is 4.17. The predicted molar refractivity (Wildman–Crippen MR) is 37.7 cm³/mol. The molecule has 0 amide bonds. The first-order valence-corrected chi connectivity index (χ1v) is 4.17. The Balaban J connectivity index is 2.85. The minimum Gasteiger partial charge on any atom is -0.350 e. The Kier molecular flexibility index (Phi) is 3.20. The van der Waals surface area contributed by atoms with E-state index in [0.29, 0.717) is 0 Å². The number of nitrogens with two attached hydrogens (primary N) is 1. The zero-order valence-corrected chi connectivity index (χ0v) is 7.40. The van der Waals surface area contributed by atoms with Crippen molar-refractivity contribution in [3.63, 3.8) is 0 Å². The second-order valence-electron chi connectivity index (χ2n) is 3.36. The Morgan fingerprint density at radius 3 is 1.87 bits per heavy atom. The Morgan fingerprint density at radius 2 is 1.47 bits per heavy atom. The van der Waals surface area contributed by atoms with E-state index in [0.717, 1.165) is 0 Å². The van der Waals surface area contributed by atoms with Crippen molar-refractivity contribution in [2.45, 2.75) is 37.5 Å². The van der Waals surface area contributed by atoms with Crippen LogP contribution in [-0.4, -0.2) is 24.7 Å². The van der Waals surface area contributed by atoms with Crippen molar-refractivity contribution in [2.24, 2.45) is 11.7 Å². The highest BCUT2D eigenvalue weighted by Gasteiger charge is 2.57. The molecule has 1 aliphatic heterocycles. The summed E-state index contributed by atoms with van der Waals surface area (Å²) >= 11 is 0. The molecule has 1 rings (SSSR count). The van der Waals surface area contributed by atoms with Gasteiger partial charge in [-0.2, -0.15) is 26.3 Å². The second-order valence-corrected chi connectivity index (χ2v) is 3.36. The molecule has 0 saturated carbocycles. The van der Waals surface area contributed by atoms with Crippen LogP contribution in [0.4, 0.5) is 26.3 Å². The van der Waals surface area contributed by atoms with Gasteiger partial charge in [0.15, 0.2) is 6.10 Å². The quantitative estimate of drug-likeness (QED) is 0.655. The molecule has 15 heavy (non-hydrogen) atoms. The Morgan fingerprint density at radius 1 is 0.933 bits per heavy atom. The van der Waals surface area contributed by atoms with Gasteiger partial charge in [0.05, 0.1) is 5.92 Å². The van der Waals surface area contributed by atoms with Crippen LogP contribution in [-0.2, 0) is 4.74 Å². The molecule has 2 N–H and O–H groups in total. The average Bonchev–Trinajstić information content (AvgIpc) is 2.00. The normalized spacial score (nSPS) is 34.2. The van der Waals surface area contributed by atoms with Gasteiger partial charge in [-0.15, -0.1) is 0 Å². The number of alkyl halides is 6. The lowest BCUT2D eigenvalue weighted by atomic mass is 9.92. The molecule has 0 spiro atoms. The minimum atomic E-state index is -5.04. The number of hydrogen-bond donors (Lipinski definition) is 1. The molecular formula is C7H9F6NO. The summed E-state index contributed by atoms with van der Waals surface area (Å²) in [7, 11) is 0. The molecule has 2 nitrogen and oxygen atoms in total. The fraction of sp³-hybridized carbons (Fsp3) is 1.00. The molecule has 0 bridgehead atoms. The maximum Gasteiger partial charge on any atom is 0.415 e. The fourth-order valence-corrected chi connectivity index (χ4v) is 1.49. The summed E-state index contributed by atoms with van der Waals surface area (Å²) in [6.07, 6.45) is -15.0. The van der Waals surface area contributed by atoms with Gasteiger partial charge >= 0.3 is 12.4 Å². The lowest BCUT2D eigenvalue weighted by molar-refractivity contribution is -0.310. The molecule has 1 heterocycles. The van der Waals surface area contributed by atoms with Gasteiger partial charge in [0.2, 0.25) is 0 Å². The van der Waals surface area contributed by atoms with Crippen molar-refractivity contribution in [1.29, 1.82) is 0 Å². The van der Waals surface area contributed by atoms with Gasteiger partial charge in [-0.1, -0.05) is 0 Å².